The Balaban J connectivity index is 2.13. The summed E-state index contributed by atoms with van der Waals surface area (Å²) in [5.41, 5.74) is 3.12. The summed E-state index contributed by atoms with van der Waals surface area (Å²) in [6.45, 7) is 0. The molecule has 98 valence electrons. The normalized spacial score (nSPS) is 10.2. The monoisotopic (exact) mass is 263 g/mol. The minimum atomic E-state index is 0.751. The summed E-state index contributed by atoms with van der Waals surface area (Å²) in [7, 11) is 3.58. The molecule has 3 aromatic rings. The second-order valence-electron chi connectivity index (χ2n) is 4.18. The third-order valence-electron chi connectivity index (χ3n) is 2.85. The molecule has 3 rings (SSSR count). The van der Waals surface area contributed by atoms with Gasteiger partial charge in [-0.3, -0.25) is 9.97 Å². The van der Waals surface area contributed by atoms with Crippen LogP contribution in [0.15, 0.2) is 60.9 Å². The maximum absolute atomic E-state index is 4.61. The molecule has 0 bridgehead atoms. The highest BCUT2D eigenvalue weighted by Crippen LogP contribution is 2.26. The Morgan fingerprint density at radius 1 is 0.750 bits per heavy atom. The van der Waals surface area contributed by atoms with Gasteiger partial charge in [-0.2, -0.15) is 0 Å². The predicted octanol–water partition coefficient (Wildman–Crippen LogP) is 3.24. The molecular weight excluding hydrogens is 250 g/mol. The average molecular weight is 263 g/mol. The van der Waals surface area contributed by atoms with Crippen molar-refractivity contribution in [3.63, 3.8) is 0 Å². The van der Waals surface area contributed by atoms with E-state index < -0.39 is 0 Å². The van der Waals surface area contributed by atoms with Crippen molar-refractivity contribution in [2.24, 2.45) is 0 Å². The maximum atomic E-state index is 4.61. The van der Waals surface area contributed by atoms with Crippen LogP contribution < -0.4 is 0 Å². The van der Waals surface area contributed by atoms with Crippen LogP contribution in [0.4, 0.5) is 0 Å². The van der Waals surface area contributed by atoms with Crippen molar-refractivity contribution in [2.75, 3.05) is 0 Å². The summed E-state index contributed by atoms with van der Waals surface area (Å²) in [6.07, 6.45) is 3.48. The fourth-order valence-electron chi connectivity index (χ4n) is 1.90. The van der Waals surface area contributed by atoms with E-state index in [9.17, 15) is 0 Å². The molecule has 0 aliphatic heterocycles. The molecule has 0 saturated heterocycles. The van der Waals surface area contributed by atoms with Crippen LogP contribution in [0.25, 0.3) is 22.8 Å². The first kappa shape index (κ1) is 12.3. The van der Waals surface area contributed by atoms with E-state index in [2.05, 4.69) is 26.8 Å². The van der Waals surface area contributed by atoms with Gasteiger partial charge in [-0.25, -0.2) is 4.98 Å². The van der Waals surface area contributed by atoms with Gasteiger partial charge in [-0.15, -0.1) is 0 Å². The zero-order valence-electron chi connectivity index (χ0n) is 10.8. The molecule has 3 aromatic heterocycles. The van der Waals surface area contributed by atoms with E-state index in [0.29, 0.717) is 0 Å². The van der Waals surface area contributed by atoms with E-state index in [1.54, 1.807) is 12.4 Å². The predicted molar refractivity (Wildman–Crippen MR) is 77.7 cm³/mol. The molecule has 1 N–H and O–H groups in total. The van der Waals surface area contributed by atoms with Gasteiger partial charge in [-0.05, 0) is 31.4 Å². The third-order valence-corrected chi connectivity index (χ3v) is 2.85. The second kappa shape index (κ2) is 5.48. The second-order valence-corrected chi connectivity index (χ2v) is 4.18. The Labute approximate surface area is 117 Å². The molecule has 0 fully saturated rings. The zero-order chi connectivity index (χ0) is 13.8. The topological polar surface area (TPSA) is 51.5 Å². The van der Waals surface area contributed by atoms with Crippen molar-refractivity contribution in [3.8, 4) is 28.5 Å². The fourth-order valence-corrected chi connectivity index (χ4v) is 1.90. The lowest BCUT2D eigenvalue weighted by atomic mass is 10.2. The quantitative estimate of drug-likeness (QED) is 0.538. The maximum Gasteiger partial charge on any atom is 0.230 e. The van der Waals surface area contributed by atoms with E-state index in [1.165, 1.54) is 0 Å². The van der Waals surface area contributed by atoms with Gasteiger partial charge >= 0.3 is 0 Å². The van der Waals surface area contributed by atoms with Gasteiger partial charge in [0.15, 0.2) is 0 Å². The molecule has 0 spiro atoms. The minimum Gasteiger partial charge on any atom is -0.722 e. The number of ether oxygens (including phenoxy) is 1. The van der Waals surface area contributed by atoms with Gasteiger partial charge in [0.05, 0.1) is 34.9 Å². The molecule has 4 nitrogen and oxygen atoms in total. The van der Waals surface area contributed by atoms with E-state index in [-0.39, 0.29) is 0 Å². The first-order valence-corrected chi connectivity index (χ1v) is 6.18. The van der Waals surface area contributed by atoms with E-state index in [1.807, 2.05) is 48.5 Å². The summed E-state index contributed by atoms with van der Waals surface area (Å²) < 4.78 is 4.00. The van der Waals surface area contributed by atoms with E-state index in [0.717, 1.165) is 28.5 Å². The van der Waals surface area contributed by atoms with Crippen LogP contribution in [0.5, 0.6) is 5.75 Å². The third kappa shape index (κ3) is 2.49. The van der Waals surface area contributed by atoms with Crippen molar-refractivity contribution in [3.05, 3.63) is 68.0 Å². The highest BCUT2D eigenvalue weighted by molar-refractivity contribution is 5.64. The summed E-state index contributed by atoms with van der Waals surface area (Å²) in [5, 5.41) is 0. The van der Waals surface area contributed by atoms with Crippen LogP contribution in [-0.2, 0) is 0 Å². The molecule has 20 heavy (non-hydrogen) atoms. The van der Waals surface area contributed by atoms with Crippen molar-refractivity contribution >= 4 is 0 Å². The molecule has 3 heterocycles. The average Bonchev–Trinajstić information content (AvgIpc) is 2.56. The highest BCUT2D eigenvalue weighted by atomic mass is 16.5. The number of aromatic hydroxyl groups is 1. The highest BCUT2D eigenvalue weighted by Gasteiger charge is 2.10. The lowest BCUT2D eigenvalue weighted by molar-refractivity contribution is 0.186. The minimum absolute atomic E-state index is 0.751. The SMILES string of the molecule is [CH2-][OH+]c1cc(-c2ccccn2)nc(-c2ccccn2)c1. The lowest BCUT2D eigenvalue weighted by Crippen LogP contribution is -1.92. The van der Waals surface area contributed by atoms with Crippen molar-refractivity contribution in [1.82, 2.24) is 15.0 Å². The number of aromatic nitrogens is 3. The van der Waals surface area contributed by atoms with Crippen LogP contribution in [-0.4, -0.2) is 19.7 Å². The van der Waals surface area contributed by atoms with Crippen LogP contribution in [0, 0.1) is 7.11 Å². The number of hydrogen-bond acceptors (Lipinski definition) is 3. The standard InChI is InChI=1S/C16H13N3O/c1-20-12-10-15(13-6-2-4-8-17-13)19-16(11-12)14-7-3-5-9-18-14/h2-11,20H,1H2. The molecule has 0 atom stereocenters. The van der Waals surface area contributed by atoms with Gasteiger partial charge in [-0.1, -0.05) is 12.1 Å². The van der Waals surface area contributed by atoms with Gasteiger partial charge in [0.25, 0.3) is 0 Å². The van der Waals surface area contributed by atoms with Gasteiger partial charge in [0, 0.05) is 12.4 Å². The summed E-state index contributed by atoms with van der Waals surface area (Å²) in [4.78, 5) is 13.2. The number of pyridine rings is 3. The molecule has 0 unspecified atom stereocenters. The summed E-state index contributed by atoms with van der Waals surface area (Å²) in [6, 6.07) is 15.2. The zero-order valence-corrected chi connectivity index (χ0v) is 10.8. The van der Waals surface area contributed by atoms with Gasteiger partial charge in [0.1, 0.15) is 0 Å². The van der Waals surface area contributed by atoms with Crippen LogP contribution in [0.3, 0.4) is 0 Å². The number of rotatable bonds is 3. The summed E-state index contributed by atoms with van der Waals surface area (Å²) in [5.74, 6) is 0.751. The largest absolute Gasteiger partial charge is 0.722 e. The van der Waals surface area contributed by atoms with Crippen LogP contribution >= 0.6 is 0 Å². The molecule has 0 amide bonds. The molecule has 0 radical (unpaired) electrons. The molecule has 4 heteroatoms. The number of nitrogens with zero attached hydrogens (tertiary/aromatic N) is 3. The van der Waals surface area contributed by atoms with Gasteiger partial charge in [0.2, 0.25) is 5.75 Å². The van der Waals surface area contributed by atoms with Crippen molar-refractivity contribution in [2.45, 2.75) is 0 Å². The Morgan fingerprint density at radius 3 is 1.70 bits per heavy atom. The number of hydrogen-bond donors (Lipinski definition) is 0. The van der Waals surface area contributed by atoms with E-state index in [4.69, 9.17) is 0 Å². The molecular formula is C16H13N3O. The molecule has 0 aliphatic rings. The van der Waals surface area contributed by atoms with E-state index >= 15 is 0 Å². The Kier molecular flexibility index (Phi) is 3.37. The smallest absolute Gasteiger partial charge is 0.230 e. The molecule has 0 aliphatic carbocycles. The Hall–Kier alpha value is -2.75. The lowest BCUT2D eigenvalue weighted by Gasteiger charge is -2.08. The van der Waals surface area contributed by atoms with Crippen LogP contribution in [0.2, 0.25) is 0 Å². The Morgan fingerprint density at radius 2 is 1.30 bits per heavy atom. The fraction of sp³-hybridized carbons (Fsp3) is 0. The number of aliphatic hydroxyl groups is 1. The Bertz CT molecular complexity index is 642. The van der Waals surface area contributed by atoms with Crippen LogP contribution in [0.1, 0.15) is 0 Å². The van der Waals surface area contributed by atoms with Crippen molar-refractivity contribution < 1.29 is 4.74 Å². The molecule has 0 aromatic carbocycles. The summed E-state index contributed by atoms with van der Waals surface area (Å²) >= 11 is 0. The van der Waals surface area contributed by atoms with Gasteiger partial charge < -0.3 is 4.74 Å². The first-order chi connectivity index (χ1) is 9.86. The molecule has 0 saturated carbocycles. The van der Waals surface area contributed by atoms with Crippen molar-refractivity contribution in [1.29, 1.82) is 0 Å². The first-order valence-electron chi connectivity index (χ1n) is 6.18.